The van der Waals surface area contributed by atoms with Crippen molar-refractivity contribution in [3.05, 3.63) is 0 Å². The molecule has 0 amide bonds. The number of hydrogen-bond donors (Lipinski definition) is 1. The van der Waals surface area contributed by atoms with Gasteiger partial charge in [0, 0.05) is 18.5 Å². The summed E-state index contributed by atoms with van der Waals surface area (Å²) in [5.74, 6) is 0. The van der Waals surface area contributed by atoms with Crippen LogP contribution in [-0.2, 0) is 0 Å². The SMILES string of the molecule is CC1(F)CC2(CNC2)C1.Cl. The molecule has 1 N–H and O–H groups in total. The summed E-state index contributed by atoms with van der Waals surface area (Å²) in [6, 6.07) is 0. The predicted octanol–water partition coefficient (Wildman–Crippen LogP) is 1.52. The maximum atomic E-state index is 12.9. The summed E-state index contributed by atoms with van der Waals surface area (Å²) in [5, 5.41) is 3.18. The van der Waals surface area contributed by atoms with Crippen LogP contribution >= 0.6 is 12.4 Å². The lowest BCUT2D eigenvalue weighted by Crippen LogP contribution is -2.64. The standard InChI is InChI=1S/C7H12FN.ClH/c1-6(8)2-7(3-6)4-9-5-7;/h9H,2-5H2,1H3;1H. The van der Waals surface area contributed by atoms with Gasteiger partial charge in [-0.05, 0) is 19.8 Å². The topological polar surface area (TPSA) is 12.0 Å². The third-order valence-corrected chi connectivity index (χ3v) is 2.49. The van der Waals surface area contributed by atoms with E-state index in [9.17, 15) is 4.39 Å². The summed E-state index contributed by atoms with van der Waals surface area (Å²) < 4.78 is 12.9. The van der Waals surface area contributed by atoms with Gasteiger partial charge >= 0.3 is 0 Å². The highest BCUT2D eigenvalue weighted by molar-refractivity contribution is 5.85. The lowest BCUT2D eigenvalue weighted by molar-refractivity contribution is -0.0852. The number of rotatable bonds is 0. The minimum Gasteiger partial charge on any atom is -0.316 e. The molecule has 1 saturated heterocycles. The first-order chi connectivity index (χ1) is 4.12. The van der Waals surface area contributed by atoms with Crippen LogP contribution in [0.1, 0.15) is 19.8 Å². The molecule has 3 heteroatoms. The Morgan fingerprint density at radius 1 is 1.30 bits per heavy atom. The van der Waals surface area contributed by atoms with Gasteiger partial charge in [-0.2, -0.15) is 0 Å². The summed E-state index contributed by atoms with van der Waals surface area (Å²) in [7, 11) is 0. The fraction of sp³-hybridized carbons (Fsp3) is 1.00. The van der Waals surface area contributed by atoms with Gasteiger partial charge in [-0.15, -0.1) is 12.4 Å². The second kappa shape index (κ2) is 2.08. The molecule has 0 unspecified atom stereocenters. The minimum atomic E-state index is -0.831. The molecule has 1 spiro atoms. The zero-order valence-corrected chi connectivity index (χ0v) is 6.93. The van der Waals surface area contributed by atoms with Crippen molar-refractivity contribution in [1.82, 2.24) is 5.32 Å². The summed E-state index contributed by atoms with van der Waals surface area (Å²) in [6.45, 7) is 3.80. The third-order valence-electron chi connectivity index (χ3n) is 2.49. The molecule has 60 valence electrons. The molecule has 0 aromatic heterocycles. The Balaban J connectivity index is 0.000000500. The van der Waals surface area contributed by atoms with Gasteiger partial charge < -0.3 is 5.32 Å². The van der Waals surface area contributed by atoms with Crippen molar-refractivity contribution < 1.29 is 4.39 Å². The van der Waals surface area contributed by atoms with Crippen molar-refractivity contribution in [3.63, 3.8) is 0 Å². The van der Waals surface area contributed by atoms with Gasteiger partial charge in [0.05, 0.1) is 0 Å². The van der Waals surface area contributed by atoms with Gasteiger partial charge in [0.1, 0.15) is 5.67 Å². The fourth-order valence-electron chi connectivity index (χ4n) is 2.24. The molecule has 0 atom stereocenters. The van der Waals surface area contributed by atoms with E-state index in [-0.39, 0.29) is 12.4 Å². The van der Waals surface area contributed by atoms with E-state index in [1.54, 1.807) is 6.92 Å². The number of alkyl halides is 1. The Kier molecular flexibility index (Phi) is 1.72. The Labute approximate surface area is 66.8 Å². The zero-order chi connectivity index (χ0) is 6.54. The summed E-state index contributed by atoms with van der Waals surface area (Å²) in [4.78, 5) is 0. The average molecular weight is 166 g/mol. The minimum absolute atomic E-state index is 0. The van der Waals surface area contributed by atoms with Gasteiger partial charge in [-0.25, -0.2) is 4.39 Å². The summed E-state index contributed by atoms with van der Waals surface area (Å²) in [6.07, 6.45) is 1.57. The van der Waals surface area contributed by atoms with Crippen LogP contribution in [0.4, 0.5) is 4.39 Å². The summed E-state index contributed by atoms with van der Waals surface area (Å²) in [5.41, 5.74) is -0.439. The van der Waals surface area contributed by atoms with E-state index >= 15 is 0 Å². The summed E-state index contributed by atoms with van der Waals surface area (Å²) >= 11 is 0. The van der Waals surface area contributed by atoms with Crippen LogP contribution in [0.15, 0.2) is 0 Å². The Morgan fingerprint density at radius 2 is 1.80 bits per heavy atom. The van der Waals surface area contributed by atoms with Crippen LogP contribution < -0.4 is 5.32 Å². The molecule has 0 bridgehead atoms. The maximum Gasteiger partial charge on any atom is 0.109 e. The van der Waals surface area contributed by atoms with Crippen LogP contribution in [0.5, 0.6) is 0 Å². The highest BCUT2D eigenvalue weighted by atomic mass is 35.5. The van der Waals surface area contributed by atoms with Crippen molar-refractivity contribution in [3.8, 4) is 0 Å². The molecule has 0 radical (unpaired) electrons. The Hall–Kier alpha value is 0.180. The molecule has 10 heavy (non-hydrogen) atoms. The quantitative estimate of drug-likeness (QED) is 0.574. The van der Waals surface area contributed by atoms with Crippen molar-refractivity contribution in [2.24, 2.45) is 5.41 Å². The van der Waals surface area contributed by atoms with Crippen LogP contribution in [0.3, 0.4) is 0 Å². The van der Waals surface area contributed by atoms with Gasteiger partial charge in [0.2, 0.25) is 0 Å². The van der Waals surface area contributed by atoms with Crippen molar-refractivity contribution >= 4 is 12.4 Å². The van der Waals surface area contributed by atoms with Gasteiger partial charge in [0.25, 0.3) is 0 Å². The van der Waals surface area contributed by atoms with E-state index in [4.69, 9.17) is 0 Å². The molecule has 1 saturated carbocycles. The molecule has 0 aromatic rings. The molecule has 2 rings (SSSR count). The van der Waals surface area contributed by atoms with E-state index in [0.29, 0.717) is 5.41 Å². The van der Waals surface area contributed by atoms with E-state index in [0.717, 1.165) is 25.9 Å². The van der Waals surface area contributed by atoms with Crippen molar-refractivity contribution in [2.45, 2.75) is 25.4 Å². The zero-order valence-electron chi connectivity index (χ0n) is 6.11. The fourth-order valence-corrected chi connectivity index (χ4v) is 2.24. The second-order valence-corrected chi connectivity index (χ2v) is 3.87. The molecule has 1 heterocycles. The van der Waals surface area contributed by atoms with E-state index in [1.165, 1.54) is 0 Å². The smallest absolute Gasteiger partial charge is 0.109 e. The third kappa shape index (κ3) is 1.04. The maximum absolute atomic E-state index is 12.9. The second-order valence-electron chi connectivity index (χ2n) is 3.87. The molecular formula is C7H13ClFN. The van der Waals surface area contributed by atoms with Crippen LogP contribution in [0.2, 0.25) is 0 Å². The van der Waals surface area contributed by atoms with E-state index in [1.807, 2.05) is 0 Å². The molecule has 0 aromatic carbocycles. The van der Waals surface area contributed by atoms with Crippen LogP contribution in [0.25, 0.3) is 0 Å². The number of hydrogen-bond acceptors (Lipinski definition) is 1. The highest BCUT2D eigenvalue weighted by Crippen LogP contribution is 2.52. The average Bonchev–Trinajstić information content (AvgIpc) is 1.54. The molecule has 1 aliphatic heterocycles. The lowest BCUT2D eigenvalue weighted by atomic mass is 9.57. The lowest BCUT2D eigenvalue weighted by Gasteiger charge is -2.56. The molecule has 2 fully saturated rings. The van der Waals surface area contributed by atoms with E-state index in [2.05, 4.69) is 5.32 Å². The Bertz CT molecular complexity index is 133. The van der Waals surface area contributed by atoms with Crippen LogP contribution in [-0.4, -0.2) is 18.8 Å². The van der Waals surface area contributed by atoms with Crippen molar-refractivity contribution in [2.75, 3.05) is 13.1 Å². The molecule has 1 nitrogen and oxygen atoms in total. The first kappa shape index (κ1) is 8.28. The highest BCUT2D eigenvalue weighted by Gasteiger charge is 2.55. The monoisotopic (exact) mass is 165 g/mol. The van der Waals surface area contributed by atoms with Gasteiger partial charge in [-0.3, -0.25) is 0 Å². The normalized spacial score (nSPS) is 31.8. The van der Waals surface area contributed by atoms with Gasteiger partial charge in [-0.1, -0.05) is 0 Å². The molecule has 2 aliphatic rings. The van der Waals surface area contributed by atoms with Crippen LogP contribution in [0, 0.1) is 5.41 Å². The predicted molar refractivity (Wildman–Crippen MR) is 41.3 cm³/mol. The number of halogens is 2. The van der Waals surface area contributed by atoms with E-state index < -0.39 is 5.67 Å². The molecule has 1 aliphatic carbocycles. The van der Waals surface area contributed by atoms with Crippen molar-refractivity contribution in [1.29, 1.82) is 0 Å². The number of nitrogens with one attached hydrogen (secondary N) is 1. The first-order valence-electron chi connectivity index (χ1n) is 3.52. The Morgan fingerprint density at radius 3 is 1.90 bits per heavy atom. The molecular weight excluding hydrogens is 153 g/mol. The largest absolute Gasteiger partial charge is 0.316 e. The van der Waals surface area contributed by atoms with Gasteiger partial charge in [0.15, 0.2) is 0 Å². The first-order valence-corrected chi connectivity index (χ1v) is 3.52.